The van der Waals surface area contributed by atoms with Gasteiger partial charge in [-0.3, -0.25) is 9.58 Å². The Kier molecular flexibility index (Phi) is 6.11. The maximum atomic E-state index is 11.2. The first-order chi connectivity index (χ1) is 13.0. The van der Waals surface area contributed by atoms with Gasteiger partial charge in [-0.1, -0.05) is 24.3 Å². The van der Waals surface area contributed by atoms with Gasteiger partial charge in [-0.15, -0.1) is 0 Å². The third-order valence-electron chi connectivity index (χ3n) is 5.64. The molecule has 27 heavy (non-hydrogen) atoms. The molecule has 1 atom stereocenters. The van der Waals surface area contributed by atoms with E-state index >= 15 is 0 Å². The fourth-order valence-electron chi connectivity index (χ4n) is 3.76. The number of benzene rings is 1. The summed E-state index contributed by atoms with van der Waals surface area (Å²) in [6, 6.07) is 8.94. The number of carbonyl (C=O) groups is 1. The number of rotatable bonds is 6. The maximum Gasteiger partial charge on any atom is 0.330 e. The van der Waals surface area contributed by atoms with Gasteiger partial charge >= 0.3 is 5.97 Å². The lowest BCUT2D eigenvalue weighted by atomic mass is 10.0. The predicted octanol–water partition coefficient (Wildman–Crippen LogP) is 3.83. The number of aryl methyl sites for hydroxylation is 1. The molecule has 144 valence electrons. The quantitative estimate of drug-likeness (QED) is 0.575. The minimum atomic E-state index is -0.333. The zero-order valence-corrected chi connectivity index (χ0v) is 16.7. The molecule has 0 bridgehead atoms. The minimum Gasteiger partial charge on any atom is -0.466 e. The van der Waals surface area contributed by atoms with Crippen LogP contribution in [0.5, 0.6) is 0 Å². The number of hydrogen-bond acceptors (Lipinski definition) is 4. The Labute approximate surface area is 161 Å². The lowest BCUT2D eigenvalue weighted by Crippen LogP contribution is -2.27. The van der Waals surface area contributed by atoms with Gasteiger partial charge in [0.25, 0.3) is 0 Å². The zero-order chi connectivity index (χ0) is 19.4. The average Bonchev–Trinajstić information content (AvgIpc) is 3.25. The molecule has 1 saturated heterocycles. The summed E-state index contributed by atoms with van der Waals surface area (Å²) in [7, 11) is 1.39. The summed E-state index contributed by atoms with van der Waals surface area (Å²) < 4.78 is 6.77. The molecule has 0 amide bonds. The SMILES string of the molecule is COC(=O)C=Cc1ccc([C@@H]2CCCN2CCn2nc(C)c(C)c2C)cc1. The van der Waals surface area contributed by atoms with Gasteiger partial charge in [0.15, 0.2) is 0 Å². The van der Waals surface area contributed by atoms with E-state index in [0.29, 0.717) is 6.04 Å². The van der Waals surface area contributed by atoms with Crippen LogP contribution in [0.2, 0.25) is 0 Å². The second-order valence-corrected chi connectivity index (χ2v) is 7.24. The van der Waals surface area contributed by atoms with Crippen LogP contribution >= 0.6 is 0 Å². The second kappa shape index (κ2) is 8.53. The van der Waals surface area contributed by atoms with Crippen molar-refractivity contribution in [1.29, 1.82) is 0 Å². The molecule has 0 spiro atoms. The molecule has 1 aromatic carbocycles. The summed E-state index contributed by atoms with van der Waals surface area (Å²) in [4.78, 5) is 13.8. The number of aromatic nitrogens is 2. The summed E-state index contributed by atoms with van der Waals surface area (Å²) >= 11 is 0. The van der Waals surface area contributed by atoms with Gasteiger partial charge in [0, 0.05) is 24.4 Å². The molecule has 0 unspecified atom stereocenters. The van der Waals surface area contributed by atoms with Crippen LogP contribution in [0.15, 0.2) is 30.3 Å². The van der Waals surface area contributed by atoms with Gasteiger partial charge in [0.05, 0.1) is 19.3 Å². The maximum absolute atomic E-state index is 11.2. The molecule has 1 aromatic heterocycles. The van der Waals surface area contributed by atoms with E-state index in [1.807, 2.05) is 0 Å². The molecule has 2 aromatic rings. The first-order valence-electron chi connectivity index (χ1n) is 9.60. The largest absolute Gasteiger partial charge is 0.466 e. The van der Waals surface area contributed by atoms with E-state index < -0.39 is 0 Å². The molecule has 1 aliphatic rings. The van der Waals surface area contributed by atoms with E-state index in [0.717, 1.165) is 30.9 Å². The van der Waals surface area contributed by atoms with Crippen molar-refractivity contribution in [2.45, 2.75) is 46.2 Å². The fraction of sp³-hybridized carbons (Fsp3) is 0.455. The number of ether oxygens (including phenoxy) is 1. The molecule has 0 N–H and O–H groups in total. The molecule has 0 saturated carbocycles. The first kappa shape index (κ1) is 19.4. The highest BCUT2D eigenvalue weighted by Gasteiger charge is 2.25. The molecule has 1 fully saturated rings. The van der Waals surface area contributed by atoms with Crippen LogP contribution in [-0.2, 0) is 16.1 Å². The van der Waals surface area contributed by atoms with Crippen molar-refractivity contribution in [3.63, 3.8) is 0 Å². The smallest absolute Gasteiger partial charge is 0.330 e. The van der Waals surface area contributed by atoms with E-state index in [-0.39, 0.29) is 5.97 Å². The summed E-state index contributed by atoms with van der Waals surface area (Å²) in [5.74, 6) is -0.333. The molecule has 5 heteroatoms. The lowest BCUT2D eigenvalue weighted by Gasteiger charge is -2.25. The molecule has 0 aliphatic carbocycles. The summed E-state index contributed by atoms with van der Waals surface area (Å²) in [5, 5.41) is 4.67. The fourth-order valence-corrected chi connectivity index (χ4v) is 3.76. The highest BCUT2D eigenvalue weighted by atomic mass is 16.5. The van der Waals surface area contributed by atoms with Gasteiger partial charge in [0.1, 0.15) is 0 Å². The van der Waals surface area contributed by atoms with E-state index in [4.69, 9.17) is 0 Å². The standard InChI is InChI=1S/C22H29N3O2/c1-16-17(2)23-25(18(16)3)15-14-24-13-5-6-21(24)20-10-7-19(8-11-20)9-12-22(26)27-4/h7-12,21H,5-6,13-15H2,1-4H3/t21-/m0/s1. The van der Waals surface area contributed by atoms with Crippen LogP contribution < -0.4 is 0 Å². The van der Waals surface area contributed by atoms with Crippen LogP contribution in [0.1, 0.15) is 47.0 Å². The zero-order valence-electron chi connectivity index (χ0n) is 16.7. The Morgan fingerprint density at radius 3 is 2.59 bits per heavy atom. The highest BCUT2D eigenvalue weighted by Crippen LogP contribution is 2.32. The molecular weight excluding hydrogens is 338 g/mol. The highest BCUT2D eigenvalue weighted by molar-refractivity contribution is 5.86. The molecule has 3 rings (SSSR count). The third-order valence-corrected chi connectivity index (χ3v) is 5.64. The molecule has 5 nitrogen and oxygen atoms in total. The Bertz CT molecular complexity index is 821. The molecule has 1 aliphatic heterocycles. The predicted molar refractivity (Wildman–Crippen MR) is 107 cm³/mol. The van der Waals surface area contributed by atoms with Crippen LogP contribution in [0, 0.1) is 20.8 Å². The van der Waals surface area contributed by atoms with Gasteiger partial charge < -0.3 is 4.74 Å². The second-order valence-electron chi connectivity index (χ2n) is 7.24. The minimum absolute atomic E-state index is 0.333. The van der Waals surface area contributed by atoms with Crippen molar-refractivity contribution in [2.75, 3.05) is 20.2 Å². The summed E-state index contributed by atoms with van der Waals surface area (Å²) in [6.45, 7) is 9.44. The number of esters is 1. The van der Waals surface area contributed by atoms with Gasteiger partial charge in [-0.2, -0.15) is 5.10 Å². The van der Waals surface area contributed by atoms with Crippen LogP contribution in [0.4, 0.5) is 0 Å². The summed E-state index contributed by atoms with van der Waals surface area (Å²) in [6.07, 6.45) is 5.65. The third kappa shape index (κ3) is 4.48. The van der Waals surface area contributed by atoms with Gasteiger partial charge in [0.2, 0.25) is 0 Å². The molecular formula is C22H29N3O2. The van der Waals surface area contributed by atoms with E-state index in [1.165, 1.54) is 42.8 Å². The van der Waals surface area contributed by atoms with Crippen molar-refractivity contribution in [1.82, 2.24) is 14.7 Å². The Morgan fingerprint density at radius 1 is 1.22 bits per heavy atom. The number of nitrogens with zero attached hydrogens (tertiary/aromatic N) is 3. The normalized spacial score (nSPS) is 17.7. The van der Waals surface area contributed by atoms with Crippen molar-refractivity contribution in [3.05, 3.63) is 58.4 Å². The number of methoxy groups -OCH3 is 1. The van der Waals surface area contributed by atoms with Gasteiger partial charge in [-0.05, 0) is 62.9 Å². The first-order valence-corrected chi connectivity index (χ1v) is 9.60. The average molecular weight is 367 g/mol. The van der Waals surface area contributed by atoms with Crippen LogP contribution in [-0.4, -0.2) is 40.8 Å². The Balaban J connectivity index is 1.64. The van der Waals surface area contributed by atoms with Crippen molar-refractivity contribution >= 4 is 12.0 Å². The van der Waals surface area contributed by atoms with Crippen molar-refractivity contribution < 1.29 is 9.53 Å². The number of hydrogen-bond donors (Lipinski definition) is 0. The van der Waals surface area contributed by atoms with Crippen molar-refractivity contribution in [2.24, 2.45) is 0 Å². The number of carbonyl (C=O) groups excluding carboxylic acids is 1. The Hall–Kier alpha value is -2.40. The van der Waals surface area contributed by atoms with E-state index in [1.54, 1.807) is 6.08 Å². The van der Waals surface area contributed by atoms with E-state index in [2.05, 4.69) is 64.5 Å². The van der Waals surface area contributed by atoms with Crippen LogP contribution in [0.3, 0.4) is 0 Å². The lowest BCUT2D eigenvalue weighted by molar-refractivity contribution is -0.134. The monoisotopic (exact) mass is 367 g/mol. The molecule has 0 radical (unpaired) electrons. The van der Waals surface area contributed by atoms with Crippen LogP contribution in [0.25, 0.3) is 6.08 Å². The topological polar surface area (TPSA) is 47.4 Å². The Morgan fingerprint density at radius 2 is 1.96 bits per heavy atom. The molecule has 2 heterocycles. The summed E-state index contributed by atoms with van der Waals surface area (Å²) in [5.41, 5.74) is 6.04. The van der Waals surface area contributed by atoms with Crippen molar-refractivity contribution in [3.8, 4) is 0 Å². The van der Waals surface area contributed by atoms with E-state index in [9.17, 15) is 4.79 Å². The van der Waals surface area contributed by atoms with Gasteiger partial charge in [-0.25, -0.2) is 4.79 Å². The number of likely N-dealkylation sites (tertiary alicyclic amines) is 1.